The maximum Gasteiger partial charge on any atom is 0.262 e. The number of nitriles is 1. The lowest BCUT2D eigenvalue weighted by molar-refractivity contribution is 0.417. The molecule has 7 heteroatoms. The predicted molar refractivity (Wildman–Crippen MR) is 82.7 cm³/mol. The highest BCUT2D eigenvalue weighted by Gasteiger charge is 2.17. The molecule has 0 aliphatic rings. The van der Waals surface area contributed by atoms with Crippen LogP contribution in [0, 0.1) is 11.3 Å². The highest BCUT2D eigenvalue weighted by atomic mass is 79.9. The van der Waals surface area contributed by atoms with E-state index in [0.717, 1.165) is 0 Å². The summed E-state index contributed by atoms with van der Waals surface area (Å²) in [4.78, 5) is 0.0172. The first-order valence-electron chi connectivity index (χ1n) is 5.83. The zero-order valence-corrected chi connectivity index (χ0v) is 13.4. The number of benzene rings is 2. The lowest BCUT2D eigenvalue weighted by atomic mass is 10.2. The fraction of sp³-hybridized carbons (Fsp3) is 0.0714. The van der Waals surface area contributed by atoms with E-state index in [1.807, 2.05) is 6.07 Å². The quantitative estimate of drug-likeness (QED) is 0.901. The van der Waals surface area contributed by atoms with Gasteiger partial charge in [-0.1, -0.05) is 22.0 Å². The van der Waals surface area contributed by atoms with Crippen molar-refractivity contribution in [1.82, 2.24) is 0 Å². The molecule has 0 aliphatic carbocycles. The summed E-state index contributed by atoms with van der Waals surface area (Å²) in [7, 11) is -2.34. The van der Waals surface area contributed by atoms with Crippen LogP contribution in [0.1, 0.15) is 5.56 Å². The minimum atomic E-state index is -3.80. The summed E-state index contributed by atoms with van der Waals surface area (Å²) < 4.78 is 33.0. The Labute approximate surface area is 131 Å². The molecule has 0 spiro atoms. The van der Waals surface area contributed by atoms with Gasteiger partial charge in [-0.2, -0.15) is 5.26 Å². The summed E-state index contributed by atoms with van der Waals surface area (Å²) in [5.74, 6) is 0.401. The summed E-state index contributed by atoms with van der Waals surface area (Å²) in [5.41, 5.74) is 0.591. The molecule has 5 nitrogen and oxygen atoms in total. The molecule has 0 saturated heterocycles. The van der Waals surface area contributed by atoms with Crippen molar-refractivity contribution < 1.29 is 13.2 Å². The lowest BCUT2D eigenvalue weighted by Crippen LogP contribution is -2.13. The van der Waals surface area contributed by atoms with E-state index in [0.29, 0.717) is 15.9 Å². The van der Waals surface area contributed by atoms with Crippen molar-refractivity contribution in [3.8, 4) is 11.8 Å². The molecular weight excluding hydrogens is 356 g/mol. The van der Waals surface area contributed by atoms with Crippen LogP contribution >= 0.6 is 15.9 Å². The van der Waals surface area contributed by atoms with Gasteiger partial charge in [-0.25, -0.2) is 8.42 Å². The Kier molecular flexibility index (Phi) is 4.50. The van der Waals surface area contributed by atoms with Crippen molar-refractivity contribution >= 4 is 31.6 Å². The van der Waals surface area contributed by atoms with Crippen LogP contribution < -0.4 is 9.46 Å². The average Bonchev–Trinajstić information content (AvgIpc) is 2.47. The molecule has 2 aromatic rings. The van der Waals surface area contributed by atoms with Gasteiger partial charge in [0.25, 0.3) is 10.0 Å². The second-order valence-electron chi connectivity index (χ2n) is 4.09. The van der Waals surface area contributed by atoms with Crippen LogP contribution in [0.5, 0.6) is 5.75 Å². The van der Waals surface area contributed by atoms with Crippen LogP contribution in [0.4, 0.5) is 5.69 Å². The van der Waals surface area contributed by atoms with E-state index < -0.39 is 10.0 Å². The van der Waals surface area contributed by atoms with Crippen LogP contribution in [0.2, 0.25) is 0 Å². The number of methoxy groups -OCH3 is 1. The Hall–Kier alpha value is -2.04. The second-order valence-corrected chi connectivity index (χ2v) is 6.69. The molecule has 0 fully saturated rings. The van der Waals surface area contributed by atoms with Gasteiger partial charge >= 0.3 is 0 Å². The van der Waals surface area contributed by atoms with Crippen LogP contribution in [-0.2, 0) is 10.0 Å². The normalized spacial score (nSPS) is 10.7. The molecule has 1 N–H and O–H groups in total. The first-order chi connectivity index (χ1) is 9.96. The van der Waals surface area contributed by atoms with E-state index >= 15 is 0 Å². The van der Waals surface area contributed by atoms with Crippen LogP contribution in [0.25, 0.3) is 0 Å². The zero-order chi connectivity index (χ0) is 15.5. The fourth-order valence-corrected chi connectivity index (χ4v) is 3.16. The van der Waals surface area contributed by atoms with Crippen LogP contribution in [-0.4, -0.2) is 15.5 Å². The van der Waals surface area contributed by atoms with Gasteiger partial charge in [0.2, 0.25) is 0 Å². The Morgan fingerprint density at radius 3 is 2.67 bits per heavy atom. The fourth-order valence-electron chi connectivity index (χ4n) is 1.70. The highest BCUT2D eigenvalue weighted by Crippen LogP contribution is 2.30. The van der Waals surface area contributed by atoms with Gasteiger partial charge in [-0.3, -0.25) is 4.72 Å². The Bertz CT molecular complexity index is 813. The summed E-state index contributed by atoms with van der Waals surface area (Å²) >= 11 is 3.28. The Balaban J connectivity index is 2.42. The lowest BCUT2D eigenvalue weighted by Gasteiger charge is -2.12. The van der Waals surface area contributed by atoms with Gasteiger partial charge in [0.1, 0.15) is 5.75 Å². The standard InChI is InChI=1S/C14H11BrN2O3S/c1-20-14-6-5-11(15)8-13(14)17-21(18,19)12-4-2-3-10(7-12)9-16/h2-8,17H,1H3. The van der Waals surface area contributed by atoms with Crippen LogP contribution in [0.15, 0.2) is 51.8 Å². The Morgan fingerprint density at radius 2 is 2.00 bits per heavy atom. The monoisotopic (exact) mass is 366 g/mol. The molecule has 0 amide bonds. The van der Waals surface area contributed by atoms with Crippen molar-refractivity contribution in [3.05, 3.63) is 52.5 Å². The molecular formula is C14H11BrN2O3S. The average molecular weight is 367 g/mol. The smallest absolute Gasteiger partial charge is 0.262 e. The number of halogens is 1. The van der Waals surface area contributed by atoms with Crippen molar-refractivity contribution in [2.24, 2.45) is 0 Å². The number of sulfonamides is 1. The molecule has 0 radical (unpaired) electrons. The maximum atomic E-state index is 12.4. The van der Waals surface area contributed by atoms with E-state index in [2.05, 4.69) is 20.7 Å². The van der Waals surface area contributed by atoms with Crippen molar-refractivity contribution in [2.75, 3.05) is 11.8 Å². The summed E-state index contributed by atoms with van der Waals surface area (Å²) in [6, 6.07) is 12.7. The van der Waals surface area contributed by atoms with Gasteiger partial charge in [-0.05, 0) is 36.4 Å². The van der Waals surface area contributed by atoms with Gasteiger partial charge in [0, 0.05) is 4.47 Å². The molecule has 0 aliphatic heterocycles. The maximum absolute atomic E-state index is 12.4. The molecule has 0 bridgehead atoms. The van der Waals surface area contributed by atoms with Gasteiger partial charge in [0.05, 0.1) is 29.3 Å². The zero-order valence-electron chi connectivity index (χ0n) is 11.0. The molecule has 2 aromatic carbocycles. The number of hydrogen-bond donors (Lipinski definition) is 1. The molecule has 0 saturated carbocycles. The number of anilines is 1. The molecule has 0 unspecified atom stereocenters. The van der Waals surface area contributed by atoms with E-state index in [1.54, 1.807) is 24.3 Å². The first kappa shape index (κ1) is 15.4. The number of rotatable bonds is 4. The van der Waals surface area contributed by atoms with E-state index in [9.17, 15) is 8.42 Å². The van der Waals surface area contributed by atoms with Crippen LogP contribution in [0.3, 0.4) is 0 Å². The van der Waals surface area contributed by atoms with Crippen molar-refractivity contribution in [1.29, 1.82) is 5.26 Å². The van der Waals surface area contributed by atoms with E-state index in [-0.39, 0.29) is 10.5 Å². The van der Waals surface area contributed by atoms with Crippen molar-refractivity contribution in [2.45, 2.75) is 4.90 Å². The predicted octanol–water partition coefficient (Wildman–Crippen LogP) is 3.13. The third-order valence-corrected chi connectivity index (χ3v) is 4.54. The molecule has 21 heavy (non-hydrogen) atoms. The van der Waals surface area contributed by atoms with E-state index in [1.165, 1.54) is 25.3 Å². The SMILES string of the molecule is COc1ccc(Br)cc1NS(=O)(=O)c1cccc(C#N)c1. The number of nitrogens with zero attached hydrogens (tertiary/aromatic N) is 1. The number of nitrogens with one attached hydrogen (secondary N) is 1. The minimum Gasteiger partial charge on any atom is -0.495 e. The minimum absolute atomic E-state index is 0.0172. The number of ether oxygens (including phenoxy) is 1. The molecule has 108 valence electrons. The summed E-state index contributed by atoms with van der Waals surface area (Å²) in [6.45, 7) is 0. The largest absolute Gasteiger partial charge is 0.495 e. The number of hydrogen-bond acceptors (Lipinski definition) is 4. The first-order valence-corrected chi connectivity index (χ1v) is 8.10. The molecule has 0 aromatic heterocycles. The van der Waals surface area contributed by atoms with Gasteiger partial charge in [-0.15, -0.1) is 0 Å². The topological polar surface area (TPSA) is 79.2 Å². The molecule has 0 atom stereocenters. The van der Waals surface area contributed by atoms with Gasteiger partial charge < -0.3 is 4.74 Å². The Morgan fingerprint density at radius 1 is 1.24 bits per heavy atom. The molecule has 2 rings (SSSR count). The highest BCUT2D eigenvalue weighted by molar-refractivity contribution is 9.10. The summed E-state index contributed by atoms with van der Waals surface area (Å²) in [5, 5.41) is 8.84. The van der Waals surface area contributed by atoms with Crippen molar-refractivity contribution in [3.63, 3.8) is 0 Å². The van der Waals surface area contributed by atoms with E-state index in [4.69, 9.17) is 10.00 Å². The second kappa shape index (κ2) is 6.16. The third-order valence-electron chi connectivity index (χ3n) is 2.68. The summed E-state index contributed by atoms with van der Waals surface area (Å²) in [6.07, 6.45) is 0. The van der Waals surface area contributed by atoms with Gasteiger partial charge in [0.15, 0.2) is 0 Å². The third kappa shape index (κ3) is 3.54. The molecule has 0 heterocycles.